The summed E-state index contributed by atoms with van der Waals surface area (Å²) in [6, 6.07) is 5.05. The normalized spacial score (nSPS) is 9.57. The van der Waals surface area contributed by atoms with Crippen molar-refractivity contribution in [1.29, 1.82) is 0 Å². The van der Waals surface area contributed by atoms with Crippen molar-refractivity contribution in [1.82, 2.24) is 0 Å². The molecule has 1 aromatic rings. The van der Waals surface area contributed by atoms with E-state index in [2.05, 4.69) is 5.32 Å². The van der Waals surface area contributed by atoms with Crippen LogP contribution in [0.4, 0.5) is 5.69 Å². The van der Waals surface area contributed by atoms with Crippen LogP contribution in [0, 0.1) is 0 Å². The van der Waals surface area contributed by atoms with E-state index in [-0.39, 0.29) is 0 Å². The molecule has 4 nitrogen and oxygen atoms in total. The van der Waals surface area contributed by atoms with Gasteiger partial charge in [0.15, 0.2) is 0 Å². The predicted molar refractivity (Wildman–Crippen MR) is 55.7 cm³/mol. The van der Waals surface area contributed by atoms with E-state index in [9.17, 15) is 4.79 Å². The molecule has 1 aromatic carbocycles. The average Bonchev–Trinajstić information content (AvgIpc) is 2.18. The highest BCUT2D eigenvalue weighted by atomic mass is 16.5. The van der Waals surface area contributed by atoms with Gasteiger partial charge in [-0.3, -0.25) is 4.79 Å². The first kappa shape index (κ1) is 10.4. The van der Waals surface area contributed by atoms with E-state index in [1.54, 1.807) is 25.3 Å². The molecule has 4 heteroatoms. The molecule has 0 bridgehead atoms. The van der Waals surface area contributed by atoms with Gasteiger partial charge in [0, 0.05) is 12.1 Å². The smallest absolute Gasteiger partial charge is 0.248 e. The minimum Gasteiger partial charge on any atom is -0.495 e. The maximum Gasteiger partial charge on any atom is 0.248 e. The first-order valence-corrected chi connectivity index (χ1v) is 4.40. The van der Waals surface area contributed by atoms with Gasteiger partial charge in [0.1, 0.15) is 5.75 Å². The van der Waals surface area contributed by atoms with Crippen molar-refractivity contribution in [2.24, 2.45) is 5.73 Å². The zero-order valence-corrected chi connectivity index (χ0v) is 8.33. The van der Waals surface area contributed by atoms with Gasteiger partial charge >= 0.3 is 0 Å². The monoisotopic (exact) mass is 194 g/mol. The van der Waals surface area contributed by atoms with E-state index in [0.29, 0.717) is 11.3 Å². The average molecular weight is 194 g/mol. The highest BCUT2D eigenvalue weighted by Gasteiger charge is 2.06. The Kier molecular flexibility index (Phi) is 3.34. The zero-order valence-electron chi connectivity index (χ0n) is 8.33. The lowest BCUT2D eigenvalue weighted by Crippen LogP contribution is -2.11. The number of hydrogen-bond donors (Lipinski definition) is 2. The molecule has 0 atom stereocenters. The molecule has 0 radical (unpaired) electrons. The van der Waals surface area contributed by atoms with Crippen LogP contribution in [0.25, 0.3) is 0 Å². The maximum atomic E-state index is 10.9. The van der Waals surface area contributed by atoms with Crippen molar-refractivity contribution < 1.29 is 9.53 Å². The Bertz CT molecular complexity index is 337. The molecule has 76 valence electrons. The third kappa shape index (κ3) is 2.16. The Balaban J connectivity index is 3.07. The summed E-state index contributed by atoms with van der Waals surface area (Å²) in [6.45, 7) is 2.73. The molecule has 0 aromatic heterocycles. The second kappa shape index (κ2) is 4.50. The van der Waals surface area contributed by atoms with E-state index in [1.807, 2.05) is 6.92 Å². The number of rotatable bonds is 4. The van der Waals surface area contributed by atoms with Crippen molar-refractivity contribution >= 4 is 11.6 Å². The molecule has 0 saturated heterocycles. The van der Waals surface area contributed by atoms with E-state index >= 15 is 0 Å². The van der Waals surface area contributed by atoms with Crippen LogP contribution in [-0.2, 0) is 0 Å². The summed E-state index contributed by atoms with van der Waals surface area (Å²) in [7, 11) is 1.58. The Morgan fingerprint density at radius 1 is 1.57 bits per heavy atom. The predicted octanol–water partition coefficient (Wildman–Crippen LogP) is 1.23. The fourth-order valence-corrected chi connectivity index (χ4v) is 1.19. The SMILES string of the molecule is CCNc1cc(C(N)=O)ccc1OC. The summed E-state index contributed by atoms with van der Waals surface area (Å²) in [4.78, 5) is 10.9. The summed E-state index contributed by atoms with van der Waals surface area (Å²) in [5, 5.41) is 3.09. The van der Waals surface area contributed by atoms with Crippen LogP contribution in [0.2, 0.25) is 0 Å². The van der Waals surface area contributed by atoms with Crippen molar-refractivity contribution in [2.75, 3.05) is 19.0 Å². The molecule has 0 aliphatic rings. The Morgan fingerprint density at radius 3 is 2.79 bits per heavy atom. The largest absolute Gasteiger partial charge is 0.495 e. The quantitative estimate of drug-likeness (QED) is 0.757. The number of nitrogens with one attached hydrogen (secondary N) is 1. The van der Waals surface area contributed by atoms with Gasteiger partial charge in [0.25, 0.3) is 0 Å². The van der Waals surface area contributed by atoms with Crippen molar-refractivity contribution in [3.63, 3.8) is 0 Å². The summed E-state index contributed by atoms with van der Waals surface area (Å²) in [6.07, 6.45) is 0. The van der Waals surface area contributed by atoms with Crippen molar-refractivity contribution in [3.8, 4) is 5.75 Å². The summed E-state index contributed by atoms with van der Waals surface area (Å²) in [5.41, 5.74) is 6.42. The molecule has 1 rings (SSSR count). The van der Waals surface area contributed by atoms with Crippen molar-refractivity contribution in [2.45, 2.75) is 6.92 Å². The van der Waals surface area contributed by atoms with Gasteiger partial charge in [0.2, 0.25) is 5.91 Å². The lowest BCUT2D eigenvalue weighted by molar-refractivity contribution is 0.100. The number of nitrogens with two attached hydrogens (primary N) is 1. The van der Waals surface area contributed by atoms with Crippen LogP contribution in [-0.4, -0.2) is 19.6 Å². The number of methoxy groups -OCH3 is 1. The molecule has 14 heavy (non-hydrogen) atoms. The lowest BCUT2D eigenvalue weighted by Gasteiger charge is -2.10. The van der Waals surface area contributed by atoms with Gasteiger partial charge in [-0.05, 0) is 25.1 Å². The zero-order chi connectivity index (χ0) is 10.6. The number of carbonyl (C=O) groups excluding carboxylic acids is 1. The molecule has 0 aliphatic heterocycles. The van der Waals surface area contributed by atoms with Crippen LogP contribution >= 0.6 is 0 Å². The highest BCUT2D eigenvalue weighted by Crippen LogP contribution is 2.24. The number of carbonyl (C=O) groups is 1. The van der Waals surface area contributed by atoms with E-state index in [4.69, 9.17) is 10.5 Å². The van der Waals surface area contributed by atoms with Crippen LogP contribution in [0.15, 0.2) is 18.2 Å². The third-order valence-corrected chi connectivity index (χ3v) is 1.85. The summed E-state index contributed by atoms with van der Waals surface area (Å²) >= 11 is 0. The lowest BCUT2D eigenvalue weighted by atomic mass is 10.2. The molecule has 1 amide bonds. The second-order valence-electron chi connectivity index (χ2n) is 2.81. The third-order valence-electron chi connectivity index (χ3n) is 1.85. The fourth-order valence-electron chi connectivity index (χ4n) is 1.19. The molecule has 3 N–H and O–H groups in total. The molecule has 0 fully saturated rings. The topological polar surface area (TPSA) is 64.3 Å². The highest BCUT2D eigenvalue weighted by molar-refractivity contribution is 5.94. The second-order valence-corrected chi connectivity index (χ2v) is 2.81. The van der Waals surface area contributed by atoms with E-state index in [0.717, 1.165) is 12.2 Å². The molecule has 0 spiro atoms. The molecular weight excluding hydrogens is 180 g/mol. The van der Waals surface area contributed by atoms with Crippen LogP contribution in [0.1, 0.15) is 17.3 Å². The van der Waals surface area contributed by atoms with Crippen LogP contribution < -0.4 is 15.8 Å². The van der Waals surface area contributed by atoms with Crippen molar-refractivity contribution in [3.05, 3.63) is 23.8 Å². The fraction of sp³-hybridized carbons (Fsp3) is 0.300. The summed E-state index contributed by atoms with van der Waals surface area (Å²) in [5.74, 6) is 0.267. The first-order valence-electron chi connectivity index (χ1n) is 4.40. The molecular formula is C10H14N2O2. The Morgan fingerprint density at radius 2 is 2.29 bits per heavy atom. The number of anilines is 1. The van der Waals surface area contributed by atoms with Crippen LogP contribution in [0.3, 0.4) is 0 Å². The van der Waals surface area contributed by atoms with Gasteiger partial charge in [-0.2, -0.15) is 0 Å². The standard InChI is InChI=1S/C10H14N2O2/c1-3-12-8-6-7(10(11)13)4-5-9(8)14-2/h4-6,12H,3H2,1-2H3,(H2,11,13). The van der Waals surface area contributed by atoms with Gasteiger partial charge in [-0.15, -0.1) is 0 Å². The van der Waals surface area contributed by atoms with E-state index < -0.39 is 5.91 Å². The van der Waals surface area contributed by atoms with Gasteiger partial charge in [0.05, 0.1) is 12.8 Å². The number of hydrogen-bond acceptors (Lipinski definition) is 3. The minimum absolute atomic E-state index is 0.438. The van der Waals surface area contributed by atoms with Gasteiger partial charge < -0.3 is 15.8 Å². The number of benzene rings is 1. The van der Waals surface area contributed by atoms with E-state index in [1.165, 1.54) is 0 Å². The Labute approximate surface area is 83.1 Å². The first-order chi connectivity index (χ1) is 6.69. The van der Waals surface area contributed by atoms with Gasteiger partial charge in [-0.1, -0.05) is 0 Å². The number of amides is 1. The number of ether oxygens (including phenoxy) is 1. The van der Waals surface area contributed by atoms with Gasteiger partial charge in [-0.25, -0.2) is 0 Å². The molecule has 0 aliphatic carbocycles. The van der Waals surface area contributed by atoms with Crippen LogP contribution in [0.5, 0.6) is 5.75 Å². The Hall–Kier alpha value is -1.71. The molecule has 0 heterocycles. The maximum absolute atomic E-state index is 10.9. The summed E-state index contributed by atoms with van der Waals surface area (Å²) < 4.78 is 5.12. The molecule has 0 saturated carbocycles. The number of primary amides is 1. The molecule has 0 unspecified atom stereocenters. The minimum atomic E-state index is -0.438.